The summed E-state index contributed by atoms with van der Waals surface area (Å²) in [7, 11) is 5.66. The van der Waals surface area contributed by atoms with Crippen molar-refractivity contribution in [3.05, 3.63) is 11.9 Å². The molecule has 1 unspecified atom stereocenters. The standard InChI is InChI=1S/C14H25N3O3/c1-16(2)7-8-17-13(12(19-3)11-15-17)14(18)5-4-9-20-10-6-14/h11,18H,4-10H2,1-3H3. The Labute approximate surface area is 120 Å². The van der Waals surface area contributed by atoms with Crippen LogP contribution in [0, 0.1) is 0 Å². The van der Waals surface area contributed by atoms with E-state index in [0.29, 0.717) is 31.8 Å². The monoisotopic (exact) mass is 283 g/mol. The molecule has 0 bridgehead atoms. The molecule has 2 rings (SSSR count). The van der Waals surface area contributed by atoms with E-state index in [4.69, 9.17) is 9.47 Å². The number of rotatable bonds is 5. The predicted octanol–water partition coefficient (Wildman–Crippen LogP) is 0.841. The van der Waals surface area contributed by atoms with Crippen LogP contribution in [0.3, 0.4) is 0 Å². The molecule has 1 saturated heterocycles. The fourth-order valence-electron chi connectivity index (χ4n) is 2.62. The van der Waals surface area contributed by atoms with Crippen molar-refractivity contribution in [2.45, 2.75) is 31.4 Å². The van der Waals surface area contributed by atoms with Crippen LogP contribution in [0.25, 0.3) is 0 Å². The number of likely N-dealkylation sites (N-methyl/N-ethyl adjacent to an activating group) is 1. The molecular formula is C14H25N3O3. The molecular weight excluding hydrogens is 258 g/mol. The lowest BCUT2D eigenvalue weighted by Crippen LogP contribution is -2.31. The highest BCUT2D eigenvalue weighted by Crippen LogP contribution is 2.37. The molecule has 6 heteroatoms. The number of ether oxygens (including phenoxy) is 2. The zero-order valence-corrected chi connectivity index (χ0v) is 12.6. The van der Waals surface area contributed by atoms with E-state index < -0.39 is 5.60 Å². The Balaban J connectivity index is 2.28. The number of hydrogen-bond donors (Lipinski definition) is 1. The average molecular weight is 283 g/mol. The van der Waals surface area contributed by atoms with Gasteiger partial charge in [-0.05, 0) is 26.9 Å². The van der Waals surface area contributed by atoms with E-state index in [1.807, 2.05) is 18.8 Å². The molecule has 0 spiro atoms. The van der Waals surface area contributed by atoms with Crippen LogP contribution in [0.5, 0.6) is 5.75 Å². The summed E-state index contributed by atoms with van der Waals surface area (Å²) in [6.45, 7) is 2.87. The van der Waals surface area contributed by atoms with Crippen molar-refractivity contribution < 1.29 is 14.6 Å². The third-order valence-electron chi connectivity index (χ3n) is 3.76. The van der Waals surface area contributed by atoms with Crippen LogP contribution in [-0.4, -0.2) is 60.8 Å². The SMILES string of the molecule is COc1cnn(CCN(C)C)c1C1(O)CCCOCC1. The Kier molecular flexibility index (Phi) is 5.01. The van der Waals surface area contributed by atoms with Crippen molar-refractivity contribution in [1.82, 2.24) is 14.7 Å². The molecule has 0 aromatic carbocycles. The topological polar surface area (TPSA) is 59.8 Å². The van der Waals surface area contributed by atoms with Crippen molar-refractivity contribution in [3.8, 4) is 5.75 Å². The van der Waals surface area contributed by atoms with E-state index in [1.165, 1.54) is 0 Å². The first-order valence-electron chi connectivity index (χ1n) is 7.12. The minimum absolute atomic E-state index is 0.568. The zero-order chi connectivity index (χ0) is 14.6. The lowest BCUT2D eigenvalue weighted by molar-refractivity contribution is 0.00388. The summed E-state index contributed by atoms with van der Waals surface area (Å²) in [4.78, 5) is 2.10. The molecule has 1 aromatic rings. The molecule has 1 aromatic heterocycles. The van der Waals surface area contributed by atoms with Gasteiger partial charge in [0.25, 0.3) is 0 Å². The second-order valence-electron chi connectivity index (χ2n) is 5.59. The molecule has 0 radical (unpaired) electrons. The number of methoxy groups -OCH3 is 1. The van der Waals surface area contributed by atoms with Crippen molar-refractivity contribution in [3.63, 3.8) is 0 Å². The van der Waals surface area contributed by atoms with Crippen molar-refractivity contribution in [1.29, 1.82) is 0 Å². The lowest BCUT2D eigenvalue weighted by atomic mass is 9.90. The Morgan fingerprint density at radius 3 is 2.95 bits per heavy atom. The third-order valence-corrected chi connectivity index (χ3v) is 3.76. The highest BCUT2D eigenvalue weighted by Gasteiger charge is 2.37. The first-order valence-corrected chi connectivity index (χ1v) is 7.12. The molecule has 20 heavy (non-hydrogen) atoms. The normalized spacial score (nSPS) is 23.9. The van der Waals surface area contributed by atoms with Gasteiger partial charge in [-0.3, -0.25) is 4.68 Å². The molecule has 114 valence electrons. The van der Waals surface area contributed by atoms with E-state index >= 15 is 0 Å². The van der Waals surface area contributed by atoms with Gasteiger partial charge in [-0.25, -0.2) is 0 Å². The fourth-order valence-corrected chi connectivity index (χ4v) is 2.62. The van der Waals surface area contributed by atoms with Gasteiger partial charge in [0.15, 0.2) is 5.75 Å². The zero-order valence-electron chi connectivity index (χ0n) is 12.6. The number of aromatic nitrogens is 2. The first-order chi connectivity index (χ1) is 9.57. The van der Waals surface area contributed by atoms with Gasteiger partial charge in [-0.15, -0.1) is 0 Å². The highest BCUT2D eigenvalue weighted by atomic mass is 16.5. The summed E-state index contributed by atoms with van der Waals surface area (Å²) in [6, 6.07) is 0. The molecule has 1 aliphatic rings. The van der Waals surface area contributed by atoms with Crippen LogP contribution in [0.2, 0.25) is 0 Å². The Morgan fingerprint density at radius 2 is 2.25 bits per heavy atom. The summed E-state index contributed by atoms with van der Waals surface area (Å²) in [6.07, 6.45) is 3.79. The second kappa shape index (κ2) is 6.56. The summed E-state index contributed by atoms with van der Waals surface area (Å²) in [5, 5.41) is 15.4. The largest absolute Gasteiger partial charge is 0.493 e. The van der Waals surface area contributed by atoms with E-state index in [-0.39, 0.29) is 0 Å². The molecule has 0 saturated carbocycles. The fraction of sp³-hybridized carbons (Fsp3) is 0.786. The Bertz CT molecular complexity index is 423. The van der Waals surface area contributed by atoms with Crippen LogP contribution < -0.4 is 4.74 Å². The average Bonchev–Trinajstić information content (AvgIpc) is 2.72. The maximum absolute atomic E-state index is 11.0. The van der Waals surface area contributed by atoms with Gasteiger partial charge < -0.3 is 19.5 Å². The summed E-state index contributed by atoms with van der Waals surface area (Å²) < 4.78 is 12.7. The highest BCUT2D eigenvalue weighted by molar-refractivity contribution is 5.31. The van der Waals surface area contributed by atoms with E-state index in [0.717, 1.165) is 25.2 Å². The number of hydrogen-bond acceptors (Lipinski definition) is 5. The van der Waals surface area contributed by atoms with Gasteiger partial charge in [0.2, 0.25) is 0 Å². The van der Waals surface area contributed by atoms with Crippen LogP contribution in [0.4, 0.5) is 0 Å². The van der Waals surface area contributed by atoms with Gasteiger partial charge in [0.1, 0.15) is 11.3 Å². The van der Waals surface area contributed by atoms with E-state index in [2.05, 4.69) is 10.00 Å². The molecule has 0 aliphatic carbocycles. The maximum Gasteiger partial charge on any atom is 0.162 e. The van der Waals surface area contributed by atoms with Crippen molar-refractivity contribution in [2.24, 2.45) is 0 Å². The Morgan fingerprint density at radius 1 is 1.45 bits per heavy atom. The van der Waals surface area contributed by atoms with Gasteiger partial charge in [-0.2, -0.15) is 5.10 Å². The molecule has 1 N–H and O–H groups in total. The van der Waals surface area contributed by atoms with Crippen molar-refractivity contribution >= 4 is 0 Å². The summed E-state index contributed by atoms with van der Waals surface area (Å²) in [5.74, 6) is 0.660. The molecule has 0 amide bonds. The van der Waals surface area contributed by atoms with Crippen LogP contribution in [0.15, 0.2) is 6.20 Å². The number of nitrogens with zero attached hydrogens (tertiary/aromatic N) is 3. The molecule has 6 nitrogen and oxygen atoms in total. The Hall–Kier alpha value is -1.11. The second-order valence-corrected chi connectivity index (χ2v) is 5.59. The molecule has 1 aliphatic heterocycles. The quantitative estimate of drug-likeness (QED) is 0.868. The van der Waals surface area contributed by atoms with Gasteiger partial charge >= 0.3 is 0 Å². The first kappa shape index (κ1) is 15.3. The van der Waals surface area contributed by atoms with E-state index in [1.54, 1.807) is 13.3 Å². The third kappa shape index (κ3) is 3.31. The van der Waals surface area contributed by atoms with E-state index in [9.17, 15) is 5.11 Å². The molecule has 2 heterocycles. The van der Waals surface area contributed by atoms with Crippen LogP contribution >= 0.6 is 0 Å². The number of aliphatic hydroxyl groups is 1. The van der Waals surface area contributed by atoms with Crippen molar-refractivity contribution in [2.75, 3.05) is 41.0 Å². The smallest absolute Gasteiger partial charge is 0.162 e. The molecule has 1 atom stereocenters. The minimum Gasteiger partial charge on any atom is -0.493 e. The molecule has 1 fully saturated rings. The maximum atomic E-state index is 11.0. The van der Waals surface area contributed by atoms with Crippen LogP contribution in [-0.2, 0) is 16.9 Å². The predicted molar refractivity (Wildman–Crippen MR) is 75.9 cm³/mol. The van der Waals surface area contributed by atoms with Gasteiger partial charge in [-0.1, -0.05) is 0 Å². The van der Waals surface area contributed by atoms with Gasteiger partial charge in [0.05, 0.1) is 19.9 Å². The minimum atomic E-state index is -0.912. The lowest BCUT2D eigenvalue weighted by Gasteiger charge is -2.28. The van der Waals surface area contributed by atoms with Gasteiger partial charge in [0, 0.05) is 26.2 Å². The van der Waals surface area contributed by atoms with Crippen LogP contribution in [0.1, 0.15) is 25.0 Å². The summed E-state index contributed by atoms with van der Waals surface area (Å²) in [5.41, 5.74) is -0.127. The summed E-state index contributed by atoms with van der Waals surface area (Å²) >= 11 is 0.